The molecule has 1 aliphatic heterocycles. The number of terminal acetylenes is 1. The van der Waals surface area contributed by atoms with Gasteiger partial charge in [-0.15, -0.1) is 12.3 Å². The van der Waals surface area contributed by atoms with E-state index < -0.39 is 11.7 Å². The van der Waals surface area contributed by atoms with Crippen LogP contribution in [0.3, 0.4) is 0 Å². The maximum Gasteiger partial charge on any atom is 0.416 e. The third-order valence-electron chi connectivity index (χ3n) is 4.60. The summed E-state index contributed by atoms with van der Waals surface area (Å²) in [7, 11) is 0. The molecule has 4 nitrogen and oxygen atoms in total. The lowest BCUT2D eigenvalue weighted by Crippen LogP contribution is -2.38. The first-order chi connectivity index (χ1) is 11.9. The smallest absolute Gasteiger partial charge is 0.343 e. The number of halogens is 3. The number of piperidine rings is 1. The highest BCUT2D eigenvalue weighted by molar-refractivity contribution is 5.77. The summed E-state index contributed by atoms with van der Waals surface area (Å²) in [5.74, 6) is 2.52. The summed E-state index contributed by atoms with van der Waals surface area (Å²) in [5, 5.41) is 0. The maximum atomic E-state index is 12.8. The molecule has 7 heteroatoms. The van der Waals surface area contributed by atoms with Crippen molar-refractivity contribution in [2.45, 2.75) is 37.9 Å². The molecule has 0 bridgehead atoms. The van der Waals surface area contributed by atoms with E-state index in [-0.39, 0.29) is 11.9 Å². The first kappa shape index (κ1) is 17.3. The van der Waals surface area contributed by atoms with Crippen LogP contribution < -0.4 is 0 Å². The minimum Gasteiger partial charge on any atom is -0.343 e. The zero-order valence-corrected chi connectivity index (χ0v) is 13.6. The van der Waals surface area contributed by atoms with Gasteiger partial charge in [0, 0.05) is 32.0 Å². The van der Waals surface area contributed by atoms with Crippen molar-refractivity contribution in [1.29, 1.82) is 0 Å². The normalized spacial score (nSPS) is 16.2. The minimum absolute atomic E-state index is 0.0571. The number of amides is 1. The van der Waals surface area contributed by atoms with E-state index in [9.17, 15) is 18.0 Å². The van der Waals surface area contributed by atoms with Gasteiger partial charge in [-0.2, -0.15) is 13.2 Å². The summed E-state index contributed by atoms with van der Waals surface area (Å²) < 4.78 is 40.3. The quantitative estimate of drug-likeness (QED) is 0.794. The van der Waals surface area contributed by atoms with E-state index in [0.29, 0.717) is 37.0 Å². The van der Waals surface area contributed by atoms with E-state index in [1.54, 1.807) is 11.2 Å². The molecule has 25 heavy (non-hydrogen) atoms. The lowest BCUT2D eigenvalue weighted by molar-refractivity contribution is -0.137. The van der Waals surface area contributed by atoms with Gasteiger partial charge in [-0.1, -0.05) is 0 Å². The minimum atomic E-state index is -4.37. The lowest BCUT2D eigenvalue weighted by atomic mass is 10.0. The van der Waals surface area contributed by atoms with Crippen molar-refractivity contribution in [1.82, 2.24) is 14.5 Å². The second-order valence-corrected chi connectivity index (χ2v) is 6.17. The number of rotatable bonds is 3. The number of fused-ring (bicyclic) bond motifs is 1. The SMILES string of the molecule is C#CCCC(=O)N1CCC(n2cnc3cc(C(F)(F)F)ccc32)CC1. The van der Waals surface area contributed by atoms with Gasteiger partial charge in [-0.05, 0) is 31.0 Å². The van der Waals surface area contributed by atoms with Crippen LogP contribution in [0.25, 0.3) is 11.0 Å². The Kier molecular flexibility index (Phi) is 4.71. The van der Waals surface area contributed by atoms with Gasteiger partial charge in [0.05, 0.1) is 22.9 Å². The largest absolute Gasteiger partial charge is 0.416 e. The molecule has 1 aromatic heterocycles. The van der Waals surface area contributed by atoms with E-state index >= 15 is 0 Å². The number of likely N-dealkylation sites (tertiary alicyclic amines) is 1. The summed E-state index contributed by atoms with van der Waals surface area (Å²) >= 11 is 0. The molecular weight excluding hydrogens is 331 g/mol. The molecule has 1 fully saturated rings. The van der Waals surface area contributed by atoms with E-state index in [4.69, 9.17) is 6.42 Å². The highest BCUT2D eigenvalue weighted by atomic mass is 19.4. The summed E-state index contributed by atoms with van der Waals surface area (Å²) in [6, 6.07) is 3.75. The molecule has 1 aromatic carbocycles. The molecule has 1 amide bonds. The first-order valence-corrected chi connectivity index (χ1v) is 8.15. The highest BCUT2D eigenvalue weighted by Gasteiger charge is 2.31. The summed E-state index contributed by atoms with van der Waals surface area (Å²) in [4.78, 5) is 17.9. The summed E-state index contributed by atoms with van der Waals surface area (Å²) in [6.07, 6.45) is 4.68. The maximum absolute atomic E-state index is 12.8. The van der Waals surface area contributed by atoms with Gasteiger partial charge in [0.25, 0.3) is 0 Å². The fourth-order valence-corrected chi connectivity index (χ4v) is 3.23. The second kappa shape index (κ2) is 6.79. The number of hydrogen-bond donors (Lipinski definition) is 0. The van der Waals surface area contributed by atoms with Crippen molar-refractivity contribution in [2.24, 2.45) is 0 Å². The average molecular weight is 349 g/mol. The van der Waals surface area contributed by atoms with Crippen LogP contribution in [0.15, 0.2) is 24.5 Å². The summed E-state index contributed by atoms with van der Waals surface area (Å²) in [5.41, 5.74) is 0.326. The Morgan fingerprint density at radius 1 is 1.32 bits per heavy atom. The molecule has 1 aliphatic rings. The molecule has 2 aromatic rings. The van der Waals surface area contributed by atoms with Crippen LogP contribution in [0.1, 0.15) is 37.3 Å². The van der Waals surface area contributed by atoms with Crippen LogP contribution in [0, 0.1) is 12.3 Å². The number of carbonyl (C=O) groups excluding carboxylic acids is 1. The zero-order chi connectivity index (χ0) is 18.0. The van der Waals surface area contributed by atoms with Crippen LogP contribution in [-0.2, 0) is 11.0 Å². The lowest BCUT2D eigenvalue weighted by Gasteiger charge is -2.33. The van der Waals surface area contributed by atoms with Crippen molar-refractivity contribution in [3.05, 3.63) is 30.1 Å². The molecule has 0 N–H and O–H groups in total. The van der Waals surface area contributed by atoms with E-state index in [1.807, 2.05) is 4.57 Å². The average Bonchev–Trinajstić information content (AvgIpc) is 3.02. The Morgan fingerprint density at radius 3 is 2.68 bits per heavy atom. The van der Waals surface area contributed by atoms with Gasteiger partial charge in [-0.3, -0.25) is 4.79 Å². The van der Waals surface area contributed by atoms with Crippen LogP contribution >= 0.6 is 0 Å². The van der Waals surface area contributed by atoms with Crippen molar-refractivity contribution in [3.63, 3.8) is 0 Å². The number of aromatic nitrogens is 2. The molecule has 0 spiro atoms. The monoisotopic (exact) mass is 349 g/mol. The second-order valence-electron chi connectivity index (χ2n) is 6.17. The Hall–Kier alpha value is -2.49. The van der Waals surface area contributed by atoms with Crippen molar-refractivity contribution in [3.8, 4) is 12.3 Å². The Labute approximate surface area is 143 Å². The zero-order valence-electron chi connectivity index (χ0n) is 13.6. The van der Waals surface area contributed by atoms with Crippen LogP contribution in [-0.4, -0.2) is 33.4 Å². The Morgan fingerprint density at radius 2 is 2.04 bits per heavy atom. The fraction of sp³-hybridized carbons (Fsp3) is 0.444. The first-order valence-electron chi connectivity index (χ1n) is 8.15. The third kappa shape index (κ3) is 3.63. The predicted molar refractivity (Wildman–Crippen MR) is 87.7 cm³/mol. The van der Waals surface area contributed by atoms with Gasteiger partial charge in [0.15, 0.2) is 0 Å². The molecule has 0 saturated carbocycles. The molecule has 2 heterocycles. The number of carbonyl (C=O) groups is 1. The van der Waals surface area contributed by atoms with Gasteiger partial charge in [0.2, 0.25) is 5.91 Å². The number of imidazole rings is 1. The van der Waals surface area contributed by atoms with Crippen LogP contribution in [0.5, 0.6) is 0 Å². The molecule has 132 valence electrons. The third-order valence-corrected chi connectivity index (χ3v) is 4.60. The Balaban J connectivity index is 1.72. The molecule has 0 unspecified atom stereocenters. The number of alkyl halides is 3. The van der Waals surface area contributed by atoms with Crippen molar-refractivity contribution in [2.75, 3.05) is 13.1 Å². The van der Waals surface area contributed by atoms with Crippen molar-refractivity contribution >= 4 is 16.9 Å². The van der Waals surface area contributed by atoms with Crippen LogP contribution in [0.4, 0.5) is 13.2 Å². The molecule has 0 aliphatic carbocycles. The van der Waals surface area contributed by atoms with Gasteiger partial charge in [0.1, 0.15) is 0 Å². The molecule has 3 rings (SSSR count). The summed E-state index contributed by atoms with van der Waals surface area (Å²) in [6.45, 7) is 1.24. The molecular formula is C18H18F3N3O. The number of hydrogen-bond acceptors (Lipinski definition) is 2. The van der Waals surface area contributed by atoms with Crippen LogP contribution in [0.2, 0.25) is 0 Å². The van der Waals surface area contributed by atoms with Crippen molar-refractivity contribution < 1.29 is 18.0 Å². The molecule has 1 saturated heterocycles. The molecule has 0 radical (unpaired) electrons. The van der Waals surface area contributed by atoms with Gasteiger partial charge >= 0.3 is 6.18 Å². The fourth-order valence-electron chi connectivity index (χ4n) is 3.23. The Bertz CT molecular complexity index is 811. The topological polar surface area (TPSA) is 38.1 Å². The van der Waals surface area contributed by atoms with E-state index in [2.05, 4.69) is 10.9 Å². The van der Waals surface area contributed by atoms with Gasteiger partial charge < -0.3 is 9.47 Å². The standard InChI is InChI=1S/C18H18F3N3O/c1-2-3-4-17(25)23-9-7-14(8-10-23)24-12-22-15-11-13(18(19,20)21)5-6-16(15)24/h1,5-6,11-12,14H,3-4,7-10H2. The number of benzene rings is 1. The van der Waals surface area contributed by atoms with E-state index in [1.165, 1.54) is 6.07 Å². The predicted octanol–water partition coefficient (Wildman–Crippen LogP) is 3.63. The highest BCUT2D eigenvalue weighted by Crippen LogP contribution is 2.33. The number of nitrogens with zero attached hydrogens (tertiary/aromatic N) is 3. The van der Waals surface area contributed by atoms with E-state index in [0.717, 1.165) is 25.0 Å². The van der Waals surface area contributed by atoms with Gasteiger partial charge in [-0.25, -0.2) is 4.98 Å². The molecule has 0 atom stereocenters.